The van der Waals surface area contributed by atoms with Gasteiger partial charge in [0.2, 0.25) is 0 Å². The van der Waals surface area contributed by atoms with Crippen molar-refractivity contribution in [3.05, 3.63) is 18.0 Å². The summed E-state index contributed by atoms with van der Waals surface area (Å²) in [6.07, 6.45) is 6.93. The lowest BCUT2D eigenvalue weighted by molar-refractivity contribution is 0.170. The molecule has 2 fully saturated rings. The van der Waals surface area contributed by atoms with Gasteiger partial charge in [-0.2, -0.15) is 5.10 Å². The predicted octanol–water partition coefficient (Wildman–Crippen LogP) is 1.80. The monoisotopic (exact) mass is 262 g/mol. The lowest BCUT2D eigenvalue weighted by Gasteiger charge is -2.32. The Kier molecular flexibility index (Phi) is 3.39. The minimum atomic E-state index is 0.522. The molecule has 4 heteroatoms. The molecule has 2 saturated heterocycles. The Balaban J connectivity index is 1.78. The van der Waals surface area contributed by atoms with E-state index in [9.17, 15) is 0 Å². The van der Waals surface area contributed by atoms with Crippen molar-refractivity contribution in [2.75, 3.05) is 26.2 Å². The highest BCUT2D eigenvalue weighted by molar-refractivity contribution is 5.13. The SMILES string of the molecule is CC(C)[C@@H](c1cnn(C)c1)N1CC[C@@]2(CCNC2)C1. The van der Waals surface area contributed by atoms with Gasteiger partial charge < -0.3 is 5.32 Å². The minimum absolute atomic E-state index is 0.522. The van der Waals surface area contributed by atoms with Crippen LogP contribution in [0.15, 0.2) is 12.4 Å². The molecule has 3 heterocycles. The van der Waals surface area contributed by atoms with Crippen LogP contribution < -0.4 is 5.32 Å². The van der Waals surface area contributed by atoms with E-state index in [1.165, 1.54) is 44.6 Å². The average molecular weight is 262 g/mol. The first-order chi connectivity index (χ1) is 9.10. The van der Waals surface area contributed by atoms with Crippen molar-refractivity contribution >= 4 is 0 Å². The number of nitrogens with zero attached hydrogens (tertiary/aromatic N) is 3. The van der Waals surface area contributed by atoms with Crippen LogP contribution in [0.3, 0.4) is 0 Å². The molecule has 1 aromatic heterocycles. The molecule has 106 valence electrons. The second-order valence-corrected chi connectivity index (χ2v) is 6.78. The van der Waals surface area contributed by atoms with Gasteiger partial charge in [-0.15, -0.1) is 0 Å². The third-order valence-electron chi connectivity index (χ3n) is 4.89. The van der Waals surface area contributed by atoms with Gasteiger partial charge in [-0.3, -0.25) is 9.58 Å². The smallest absolute Gasteiger partial charge is 0.0537 e. The van der Waals surface area contributed by atoms with Crippen LogP contribution in [0.4, 0.5) is 0 Å². The van der Waals surface area contributed by atoms with E-state index < -0.39 is 0 Å². The predicted molar refractivity (Wildman–Crippen MR) is 76.9 cm³/mol. The number of rotatable bonds is 3. The van der Waals surface area contributed by atoms with Crippen molar-refractivity contribution in [3.8, 4) is 0 Å². The molecule has 2 atom stereocenters. The van der Waals surface area contributed by atoms with E-state index in [1.54, 1.807) is 0 Å². The summed E-state index contributed by atoms with van der Waals surface area (Å²) in [5.74, 6) is 0.633. The highest BCUT2D eigenvalue weighted by Crippen LogP contribution is 2.41. The van der Waals surface area contributed by atoms with Crippen molar-refractivity contribution in [1.82, 2.24) is 20.0 Å². The number of aromatic nitrogens is 2. The van der Waals surface area contributed by atoms with Crippen LogP contribution in [0, 0.1) is 11.3 Å². The Hall–Kier alpha value is -0.870. The van der Waals surface area contributed by atoms with Crippen LogP contribution in [-0.2, 0) is 7.05 Å². The Labute approximate surface area is 116 Å². The Morgan fingerprint density at radius 3 is 2.79 bits per heavy atom. The zero-order chi connectivity index (χ0) is 13.5. The van der Waals surface area contributed by atoms with E-state index in [0.29, 0.717) is 17.4 Å². The number of likely N-dealkylation sites (tertiary alicyclic amines) is 1. The number of aryl methyl sites for hydroxylation is 1. The van der Waals surface area contributed by atoms with E-state index in [0.717, 1.165) is 0 Å². The Morgan fingerprint density at radius 1 is 1.37 bits per heavy atom. The molecule has 3 rings (SSSR count). The minimum Gasteiger partial charge on any atom is -0.316 e. The molecule has 2 aliphatic heterocycles. The van der Waals surface area contributed by atoms with Gasteiger partial charge in [0, 0.05) is 37.9 Å². The molecule has 1 aromatic rings. The summed E-state index contributed by atoms with van der Waals surface area (Å²) in [6.45, 7) is 9.55. The largest absolute Gasteiger partial charge is 0.316 e. The molecule has 0 saturated carbocycles. The normalized spacial score (nSPS) is 29.7. The number of hydrogen-bond donors (Lipinski definition) is 1. The van der Waals surface area contributed by atoms with Gasteiger partial charge >= 0.3 is 0 Å². The molecular weight excluding hydrogens is 236 g/mol. The van der Waals surface area contributed by atoms with Crippen LogP contribution in [0.1, 0.15) is 38.3 Å². The summed E-state index contributed by atoms with van der Waals surface area (Å²) in [5, 5.41) is 7.90. The van der Waals surface area contributed by atoms with E-state index in [2.05, 4.69) is 35.4 Å². The van der Waals surface area contributed by atoms with Gasteiger partial charge in [0.15, 0.2) is 0 Å². The standard InChI is InChI=1S/C15H26N4/c1-12(2)14(13-8-17-18(3)9-13)19-7-5-15(11-19)4-6-16-10-15/h8-9,12,14,16H,4-7,10-11H2,1-3H3/t14-,15+/m0/s1. The zero-order valence-electron chi connectivity index (χ0n) is 12.4. The first kappa shape index (κ1) is 13.1. The fourth-order valence-electron chi connectivity index (χ4n) is 3.96. The molecule has 0 aromatic carbocycles. The topological polar surface area (TPSA) is 33.1 Å². The summed E-state index contributed by atoms with van der Waals surface area (Å²) in [7, 11) is 2.01. The summed E-state index contributed by atoms with van der Waals surface area (Å²) in [4.78, 5) is 2.69. The number of nitrogens with one attached hydrogen (secondary N) is 1. The first-order valence-corrected chi connectivity index (χ1v) is 7.53. The third kappa shape index (κ3) is 2.43. The van der Waals surface area contributed by atoms with Gasteiger partial charge in [0.05, 0.1) is 6.20 Å². The first-order valence-electron chi connectivity index (χ1n) is 7.53. The fraction of sp³-hybridized carbons (Fsp3) is 0.800. The highest BCUT2D eigenvalue weighted by Gasteiger charge is 2.43. The van der Waals surface area contributed by atoms with Crippen LogP contribution in [0.5, 0.6) is 0 Å². The van der Waals surface area contributed by atoms with Crippen molar-refractivity contribution in [3.63, 3.8) is 0 Å². The molecule has 4 nitrogen and oxygen atoms in total. The molecular formula is C15H26N4. The van der Waals surface area contributed by atoms with E-state index >= 15 is 0 Å². The Bertz CT molecular complexity index is 431. The second-order valence-electron chi connectivity index (χ2n) is 6.78. The van der Waals surface area contributed by atoms with Crippen LogP contribution in [0.2, 0.25) is 0 Å². The second kappa shape index (κ2) is 4.91. The lowest BCUT2D eigenvalue weighted by atomic mass is 9.86. The molecule has 2 aliphatic rings. The van der Waals surface area contributed by atoms with Gasteiger partial charge in [-0.05, 0) is 37.3 Å². The molecule has 0 aliphatic carbocycles. The maximum atomic E-state index is 4.36. The quantitative estimate of drug-likeness (QED) is 0.902. The van der Waals surface area contributed by atoms with Gasteiger partial charge in [-0.1, -0.05) is 13.8 Å². The summed E-state index contributed by atoms with van der Waals surface area (Å²) in [6, 6.07) is 0.522. The molecule has 1 N–H and O–H groups in total. The van der Waals surface area contributed by atoms with Gasteiger partial charge in [0.25, 0.3) is 0 Å². The van der Waals surface area contributed by atoms with E-state index in [4.69, 9.17) is 0 Å². The maximum Gasteiger partial charge on any atom is 0.0537 e. The summed E-state index contributed by atoms with van der Waals surface area (Å²) < 4.78 is 1.92. The van der Waals surface area contributed by atoms with E-state index in [-0.39, 0.29) is 0 Å². The van der Waals surface area contributed by atoms with E-state index in [1.807, 2.05) is 17.9 Å². The molecule has 1 spiro atoms. The molecule has 0 radical (unpaired) electrons. The van der Waals surface area contributed by atoms with Gasteiger partial charge in [-0.25, -0.2) is 0 Å². The van der Waals surface area contributed by atoms with Crippen LogP contribution >= 0.6 is 0 Å². The van der Waals surface area contributed by atoms with Crippen molar-refractivity contribution in [2.24, 2.45) is 18.4 Å². The lowest BCUT2D eigenvalue weighted by Crippen LogP contribution is -2.33. The molecule has 19 heavy (non-hydrogen) atoms. The third-order valence-corrected chi connectivity index (χ3v) is 4.89. The molecule has 0 bridgehead atoms. The Morgan fingerprint density at radius 2 is 2.21 bits per heavy atom. The zero-order valence-corrected chi connectivity index (χ0v) is 12.4. The van der Waals surface area contributed by atoms with Gasteiger partial charge in [0.1, 0.15) is 0 Å². The molecule has 0 amide bonds. The fourth-order valence-corrected chi connectivity index (χ4v) is 3.96. The van der Waals surface area contributed by atoms with Crippen LogP contribution in [-0.4, -0.2) is 40.9 Å². The van der Waals surface area contributed by atoms with Crippen molar-refractivity contribution < 1.29 is 0 Å². The molecule has 0 unspecified atom stereocenters. The van der Waals surface area contributed by atoms with Crippen LogP contribution in [0.25, 0.3) is 0 Å². The highest BCUT2D eigenvalue weighted by atomic mass is 15.3. The summed E-state index contributed by atoms with van der Waals surface area (Å²) in [5.41, 5.74) is 1.93. The average Bonchev–Trinajstić information content (AvgIpc) is 3.05. The maximum absolute atomic E-state index is 4.36. The van der Waals surface area contributed by atoms with Crippen molar-refractivity contribution in [2.45, 2.75) is 32.7 Å². The number of hydrogen-bond acceptors (Lipinski definition) is 3. The van der Waals surface area contributed by atoms with Crippen molar-refractivity contribution in [1.29, 1.82) is 0 Å². The summed E-state index contributed by atoms with van der Waals surface area (Å²) >= 11 is 0.